The number of hydrogen-bond donors (Lipinski definition) is 2. The quantitative estimate of drug-likeness (QED) is 0.660. The van der Waals surface area contributed by atoms with E-state index in [0.717, 1.165) is 35.5 Å². The third kappa shape index (κ3) is 4.16. The molecule has 0 aliphatic carbocycles. The maximum absolute atomic E-state index is 13.2. The molecule has 1 fully saturated rings. The van der Waals surface area contributed by atoms with E-state index in [1.807, 2.05) is 41.3 Å². The van der Waals surface area contributed by atoms with Crippen LogP contribution in [0.15, 0.2) is 61.1 Å². The number of carbonyl (C=O) groups excluding carboxylic acids is 2. The second-order valence-electron chi connectivity index (χ2n) is 8.16. The minimum absolute atomic E-state index is 0.0427. The Hall–Kier alpha value is -3.81. The van der Waals surface area contributed by atoms with E-state index in [-0.39, 0.29) is 18.2 Å². The van der Waals surface area contributed by atoms with E-state index in [9.17, 15) is 9.59 Å². The van der Waals surface area contributed by atoms with E-state index in [0.29, 0.717) is 25.0 Å². The fourth-order valence-electron chi connectivity index (χ4n) is 4.46. The summed E-state index contributed by atoms with van der Waals surface area (Å²) in [6.45, 7) is 1.34. The number of anilines is 3. The number of rotatable bonds is 4. The average Bonchev–Trinajstić information content (AvgIpc) is 2.84. The Labute approximate surface area is 186 Å². The van der Waals surface area contributed by atoms with Gasteiger partial charge in [0.1, 0.15) is 0 Å². The zero-order valence-electron chi connectivity index (χ0n) is 17.6. The van der Waals surface area contributed by atoms with Gasteiger partial charge in [-0.15, -0.1) is 0 Å². The monoisotopic (exact) mass is 428 g/mol. The Balaban J connectivity index is 1.21. The molecule has 5 rings (SSSR count). The largest absolute Gasteiger partial charge is 0.342 e. The van der Waals surface area contributed by atoms with Crippen LogP contribution in [0.4, 0.5) is 17.3 Å². The molecule has 2 amide bonds. The van der Waals surface area contributed by atoms with Gasteiger partial charge in [0.25, 0.3) is 0 Å². The lowest BCUT2D eigenvalue weighted by atomic mass is 9.87. The second kappa shape index (κ2) is 8.74. The van der Waals surface area contributed by atoms with Gasteiger partial charge in [-0.1, -0.05) is 18.2 Å². The van der Waals surface area contributed by atoms with Crippen LogP contribution in [0.5, 0.6) is 0 Å². The van der Waals surface area contributed by atoms with E-state index in [4.69, 9.17) is 0 Å². The molecule has 2 aliphatic rings. The van der Waals surface area contributed by atoms with Crippen molar-refractivity contribution in [3.05, 3.63) is 72.3 Å². The van der Waals surface area contributed by atoms with Crippen molar-refractivity contribution in [3.63, 3.8) is 0 Å². The summed E-state index contributed by atoms with van der Waals surface area (Å²) in [6.07, 6.45) is 7.08. The zero-order valence-corrected chi connectivity index (χ0v) is 17.6. The molecule has 32 heavy (non-hydrogen) atoms. The minimum atomic E-state index is -0.403. The van der Waals surface area contributed by atoms with Gasteiger partial charge in [0.2, 0.25) is 17.8 Å². The number of nitrogens with zero attached hydrogens (tertiary/aromatic N) is 4. The maximum atomic E-state index is 13.2. The van der Waals surface area contributed by atoms with Crippen LogP contribution in [0.1, 0.15) is 42.4 Å². The number of aromatic nitrogens is 3. The number of fused-ring (bicyclic) bond motifs is 1. The molecule has 4 heterocycles. The first kappa shape index (κ1) is 20.1. The SMILES string of the molecule is O=C1C[C@@H](C(=O)N2CCC(c3ccc(Nc4ncccn4)cn3)CC2)c2ccccc2N1. The van der Waals surface area contributed by atoms with Gasteiger partial charge in [-0.2, -0.15) is 0 Å². The van der Waals surface area contributed by atoms with E-state index in [2.05, 4.69) is 25.6 Å². The highest BCUT2D eigenvalue weighted by atomic mass is 16.2. The highest BCUT2D eigenvalue weighted by Gasteiger charge is 2.35. The predicted octanol–water partition coefficient (Wildman–Crippen LogP) is 3.45. The lowest BCUT2D eigenvalue weighted by Crippen LogP contribution is -2.42. The lowest BCUT2D eigenvalue weighted by molar-refractivity contribution is -0.135. The Bertz CT molecular complexity index is 1110. The van der Waals surface area contributed by atoms with E-state index in [1.165, 1.54) is 0 Å². The molecule has 8 nitrogen and oxygen atoms in total. The average molecular weight is 428 g/mol. The molecule has 0 unspecified atom stereocenters. The second-order valence-corrected chi connectivity index (χ2v) is 8.16. The highest BCUT2D eigenvalue weighted by Crippen LogP contribution is 2.35. The molecule has 0 spiro atoms. The number of nitrogens with one attached hydrogen (secondary N) is 2. The maximum Gasteiger partial charge on any atom is 0.230 e. The Morgan fingerprint density at radius 3 is 2.53 bits per heavy atom. The number of piperidine rings is 1. The highest BCUT2D eigenvalue weighted by molar-refractivity contribution is 6.01. The molecule has 2 aromatic heterocycles. The summed E-state index contributed by atoms with van der Waals surface area (Å²) in [4.78, 5) is 40.2. The van der Waals surface area contributed by atoms with E-state index < -0.39 is 5.92 Å². The molecule has 1 saturated heterocycles. The Morgan fingerprint density at radius 1 is 1.00 bits per heavy atom. The number of hydrogen-bond acceptors (Lipinski definition) is 6. The fourth-order valence-corrected chi connectivity index (χ4v) is 4.46. The summed E-state index contributed by atoms with van der Waals surface area (Å²) >= 11 is 0. The van der Waals surface area contributed by atoms with Crippen molar-refractivity contribution in [2.75, 3.05) is 23.7 Å². The third-order valence-corrected chi connectivity index (χ3v) is 6.13. The topological polar surface area (TPSA) is 100 Å². The van der Waals surface area contributed by atoms with Gasteiger partial charge in [0, 0.05) is 49.2 Å². The number of para-hydroxylation sites is 1. The third-order valence-electron chi connectivity index (χ3n) is 6.13. The van der Waals surface area contributed by atoms with Gasteiger partial charge in [0.15, 0.2) is 0 Å². The number of carbonyl (C=O) groups is 2. The van der Waals surface area contributed by atoms with Gasteiger partial charge in [0.05, 0.1) is 17.8 Å². The van der Waals surface area contributed by atoms with Crippen molar-refractivity contribution >= 4 is 29.1 Å². The first-order valence-corrected chi connectivity index (χ1v) is 10.8. The van der Waals surface area contributed by atoms with Crippen LogP contribution in [0.25, 0.3) is 0 Å². The Kier molecular flexibility index (Phi) is 5.49. The molecule has 162 valence electrons. The van der Waals surface area contributed by atoms with Crippen molar-refractivity contribution in [1.82, 2.24) is 19.9 Å². The normalized spacial score (nSPS) is 18.6. The smallest absolute Gasteiger partial charge is 0.230 e. The molecule has 0 bridgehead atoms. The van der Waals surface area contributed by atoms with Gasteiger partial charge >= 0.3 is 0 Å². The van der Waals surface area contributed by atoms with Crippen LogP contribution in [0.2, 0.25) is 0 Å². The van der Waals surface area contributed by atoms with Crippen LogP contribution >= 0.6 is 0 Å². The minimum Gasteiger partial charge on any atom is -0.342 e. The zero-order chi connectivity index (χ0) is 21.9. The number of benzene rings is 1. The first-order chi connectivity index (χ1) is 15.7. The molecule has 8 heteroatoms. The first-order valence-electron chi connectivity index (χ1n) is 10.8. The van der Waals surface area contributed by atoms with Gasteiger partial charge < -0.3 is 15.5 Å². The van der Waals surface area contributed by atoms with Crippen LogP contribution in [-0.2, 0) is 9.59 Å². The number of amides is 2. The predicted molar refractivity (Wildman–Crippen MR) is 121 cm³/mol. The van der Waals surface area contributed by atoms with Crippen molar-refractivity contribution in [3.8, 4) is 0 Å². The molecule has 1 aromatic carbocycles. The number of pyridine rings is 1. The van der Waals surface area contributed by atoms with E-state index in [1.54, 1.807) is 24.7 Å². The standard InChI is InChI=1S/C24H24N6O2/c31-22-14-19(18-4-1-2-5-21(18)29-22)23(32)30-12-8-16(9-13-30)20-7-6-17(15-27-20)28-24-25-10-3-11-26-24/h1-7,10-11,15-16,19H,8-9,12-14H2,(H,29,31)(H,25,26,28)/t19-/m1/s1. The summed E-state index contributed by atoms with van der Waals surface area (Å²) in [5, 5.41) is 6.00. The van der Waals surface area contributed by atoms with Crippen molar-refractivity contribution in [2.24, 2.45) is 0 Å². The molecule has 2 aliphatic heterocycles. The van der Waals surface area contributed by atoms with Crippen LogP contribution < -0.4 is 10.6 Å². The van der Waals surface area contributed by atoms with Crippen LogP contribution in [0.3, 0.4) is 0 Å². The van der Waals surface area contributed by atoms with Gasteiger partial charge in [-0.25, -0.2) is 9.97 Å². The summed E-state index contributed by atoms with van der Waals surface area (Å²) in [5.41, 5.74) is 3.52. The molecular weight excluding hydrogens is 404 g/mol. The lowest BCUT2D eigenvalue weighted by Gasteiger charge is -2.35. The molecule has 0 saturated carbocycles. The van der Waals surface area contributed by atoms with Crippen molar-refractivity contribution in [1.29, 1.82) is 0 Å². The van der Waals surface area contributed by atoms with Crippen LogP contribution in [0, 0.1) is 0 Å². The summed E-state index contributed by atoms with van der Waals surface area (Å²) in [5.74, 6) is 0.381. The molecule has 0 radical (unpaired) electrons. The summed E-state index contributed by atoms with van der Waals surface area (Å²) in [7, 11) is 0. The van der Waals surface area contributed by atoms with Crippen molar-refractivity contribution < 1.29 is 9.59 Å². The van der Waals surface area contributed by atoms with Gasteiger partial charge in [-0.05, 0) is 42.7 Å². The molecule has 3 aromatic rings. The summed E-state index contributed by atoms with van der Waals surface area (Å²) in [6, 6.07) is 13.3. The molecule has 2 N–H and O–H groups in total. The molecule has 1 atom stereocenters. The number of likely N-dealkylation sites (tertiary alicyclic amines) is 1. The van der Waals surface area contributed by atoms with Crippen LogP contribution in [-0.4, -0.2) is 44.8 Å². The summed E-state index contributed by atoms with van der Waals surface area (Å²) < 4.78 is 0. The molecular formula is C24H24N6O2. The Morgan fingerprint density at radius 2 is 1.78 bits per heavy atom. The van der Waals surface area contributed by atoms with Crippen molar-refractivity contribution in [2.45, 2.75) is 31.1 Å². The van der Waals surface area contributed by atoms with Gasteiger partial charge in [-0.3, -0.25) is 14.6 Å². The fraction of sp³-hybridized carbons (Fsp3) is 0.292. The van der Waals surface area contributed by atoms with E-state index >= 15 is 0 Å².